The standard InChI is InChI=1S/C21H25N3O4/c1-14(2)9-10-22-19(25)20(26)23-16-7-8-17-15(13-16)5-3-11-24(17)21(27)18-6-4-12-28-18/h4,6-8,12-14H,3,5,9-11H2,1-2H3,(H,22,25)(H,23,26). The van der Waals surface area contributed by atoms with Crippen LogP contribution in [0.3, 0.4) is 0 Å². The summed E-state index contributed by atoms with van der Waals surface area (Å²) in [5.74, 6) is -0.776. The minimum atomic E-state index is -0.692. The van der Waals surface area contributed by atoms with Crippen LogP contribution in [0.4, 0.5) is 11.4 Å². The second kappa shape index (κ2) is 8.73. The molecule has 0 saturated heterocycles. The summed E-state index contributed by atoms with van der Waals surface area (Å²) in [6, 6.07) is 8.63. The van der Waals surface area contributed by atoms with Gasteiger partial charge in [0.15, 0.2) is 5.76 Å². The van der Waals surface area contributed by atoms with Gasteiger partial charge in [-0.1, -0.05) is 13.8 Å². The Bertz CT molecular complexity index is 859. The first kappa shape index (κ1) is 19.7. The number of nitrogens with zero attached hydrogens (tertiary/aromatic N) is 1. The first-order chi connectivity index (χ1) is 13.5. The second-order valence-electron chi connectivity index (χ2n) is 7.27. The molecule has 3 amide bonds. The molecular weight excluding hydrogens is 358 g/mol. The lowest BCUT2D eigenvalue weighted by atomic mass is 10.0. The van der Waals surface area contributed by atoms with Gasteiger partial charge in [-0.05, 0) is 61.1 Å². The van der Waals surface area contributed by atoms with E-state index in [1.165, 1.54) is 6.26 Å². The van der Waals surface area contributed by atoms with Crippen molar-refractivity contribution in [3.63, 3.8) is 0 Å². The number of hydrogen-bond acceptors (Lipinski definition) is 4. The van der Waals surface area contributed by atoms with Crippen molar-refractivity contribution in [3.05, 3.63) is 47.9 Å². The van der Waals surface area contributed by atoms with E-state index in [9.17, 15) is 14.4 Å². The molecule has 7 nitrogen and oxygen atoms in total. The number of amides is 3. The van der Waals surface area contributed by atoms with E-state index in [4.69, 9.17) is 4.42 Å². The van der Waals surface area contributed by atoms with Gasteiger partial charge in [0.2, 0.25) is 0 Å². The number of fused-ring (bicyclic) bond motifs is 1. The van der Waals surface area contributed by atoms with Crippen molar-refractivity contribution in [2.24, 2.45) is 5.92 Å². The van der Waals surface area contributed by atoms with E-state index in [0.717, 1.165) is 30.5 Å². The molecule has 0 atom stereocenters. The van der Waals surface area contributed by atoms with E-state index in [-0.39, 0.29) is 5.91 Å². The summed E-state index contributed by atoms with van der Waals surface area (Å²) in [7, 11) is 0. The molecule has 2 N–H and O–H groups in total. The van der Waals surface area contributed by atoms with Gasteiger partial charge in [0.25, 0.3) is 5.91 Å². The smallest absolute Gasteiger partial charge is 0.313 e. The van der Waals surface area contributed by atoms with E-state index in [0.29, 0.717) is 30.5 Å². The molecule has 0 spiro atoms. The first-order valence-corrected chi connectivity index (χ1v) is 9.53. The summed E-state index contributed by atoms with van der Waals surface area (Å²) in [6.45, 7) is 5.19. The molecule has 1 aromatic heterocycles. The molecule has 7 heteroatoms. The van der Waals surface area contributed by atoms with Gasteiger partial charge in [0.1, 0.15) is 0 Å². The fraction of sp³-hybridized carbons (Fsp3) is 0.381. The number of benzene rings is 1. The number of carbonyl (C=O) groups is 3. The molecule has 0 radical (unpaired) electrons. The number of anilines is 2. The maximum Gasteiger partial charge on any atom is 0.313 e. The number of rotatable bonds is 5. The summed E-state index contributed by atoms with van der Waals surface area (Å²) in [4.78, 5) is 38.3. The van der Waals surface area contributed by atoms with Crippen LogP contribution in [0.1, 0.15) is 42.8 Å². The SMILES string of the molecule is CC(C)CCNC(=O)C(=O)Nc1ccc2c(c1)CCCN2C(=O)c1ccco1. The third-order valence-electron chi connectivity index (χ3n) is 4.65. The molecule has 1 aromatic carbocycles. The molecule has 0 aliphatic carbocycles. The average molecular weight is 383 g/mol. The van der Waals surface area contributed by atoms with Crippen molar-refractivity contribution in [2.75, 3.05) is 23.3 Å². The number of furan rings is 1. The lowest BCUT2D eigenvalue weighted by molar-refractivity contribution is -0.136. The molecule has 2 heterocycles. The van der Waals surface area contributed by atoms with Crippen LogP contribution in [0.25, 0.3) is 0 Å². The normalized spacial score (nSPS) is 13.2. The molecule has 0 unspecified atom stereocenters. The highest BCUT2D eigenvalue weighted by Crippen LogP contribution is 2.31. The fourth-order valence-corrected chi connectivity index (χ4v) is 3.16. The molecule has 0 saturated carbocycles. The molecule has 28 heavy (non-hydrogen) atoms. The number of aryl methyl sites for hydroxylation is 1. The van der Waals surface area contributed by atoms with Gasteiger partial charge in [0, 0.05) is 24.5 Å². The first-order valence-electron chi connectivity index (χ1n) is 9.53. The third-order valence-corrected chi connectivity index (χ3v) is 4.65. The van der Waals surface area contributed by atoms with Crippen LogP contribution in [-0.4, -0.2) is 30.8 Å². The van der Waals surface area contributed by atoms with E-state index in [1.807, 2.05) is 6.07 Å². The van der Waals surface area contributed by atoms with Gasteiger partial charge in [-0.25, -0.2) is 0 Å². The Morgan fingerprint density at radius 3 is 2.71 bits per heavy atom. The highest BCUT2D eigenvalue weighted by Gasteiger charge is 2.25. The van der Waals surface area contributed by atoms with Crippen LogP contribution in [0, 0.1) is 5.92 Å². The van der Waals surface area contributed by atoms with Gasteiger partial charge in [-0.2, -0.15) is 0 Å². The Kier molecular flexibility index (Phi) is 6.13. The zero-order valence-electron chi connectivity index (χ0n) is 16.2. The maximum absolute atomic E-state index is 12.6. The Hall–Kier alpha value is -3.09. The van der Waals surface area contributed by atoms with Crippen molar-refractivity contribution in [2.45, 2.75) is 33.1 Å². The minimum absolute atomic E-state index is 0.188. The largest absolute Gasteiger partial charge is 0.459 e. The van der Waals surface area contributed by atoms with E-state index in [1.54, 1.807) is 29.2 Å². The quantitative estimate of drug-likeness (QED) is 0.777. The van der Waals surface area contributed by atoms with Crippen molar-refractivity contribution >= 4 is 29.1 Å². The Morgan fingerprint density at radius 1 is 1.18 bits per heavy atom. The van der Waals surface area contributed by atoms with Crippen molar-refractivity contribution in [1.82, 2.24) is 5.32 Å². The molecular formula is C21H25N3O4. The van der Waals surface area contributed by atoms with Gasteiger partial charge in [-0.15, -0.1) is 0 Å². The van der Waals surface area contributed by atoms with Crippen LogP contribution >= 0.6 is 0 Å². The van der Waals surface area contributed by atoms with Crippen molar-refractivity contribution < 1.29 is 18.8 Å². The molecule has 148 valence electrons. The average Bonchev–Trinajstić information content (AvgIpc) is 3.21. The van der Waals surface area contributed by atoms with Gasteiger partial charge >= 0.3 is 11.8 Å². The molecule has 1 aliphatic rings. The number of hydrogen-bond donors (Lipinski definition) is 2. The van der Waals surface area contributed by atoms with E-state index in [2.05, 4.69) is 24.5 Å². The highest BCUT2D eigenvalue weighted by atomic mass is 16.3. The zero-order chi connectivity index (χ0) is 20.1. The molecule has 0 fully saturated rings. The maximum atomic E-state index is 12.6. The number of carbonyl (C=O) groups excluding carboxylic acids is 3. The zero-order valence-corrected chi connectivity index (χ0v) is 16.2. The molecule has 2 aromatic rings. The minimum Gasteiger partial charge on any atom is -0.459 e. The second-order valence-corrected chi connectivity index (χ2v) is 7.27. The van der Waals surface area contributed by atoms with Crippen LogP contribution in [0.5, 0.6) is 0 Å². The summed E-state index contributed by atoms with van der Waals surface area (Å²) in [5, 5.41) is 5.25. The summed E-state index contributed by atoms with van der Waals surface area (Å²) >= 11 is 0. The predicted octanol–water partition coefficient (Wildman–Crippen LogP) is 2.97. The van der Waals surface area contributed by atoms with Crippen molar-refractivity contribution in [3.8, 4) is 0 Å². The predicted molar refractivity (Wildman–Crippen MR) is 106 cm³/mol. The lowest BCUT2D eigenvalue weighted by Gasteiger charge is -2.29. The topological polar surface area (TPSA) is 91.7 Å². The summed E-state index contributed by atoms with van der Waals surface area (Å²) in [5.41, 5.74) is 2.28. The summed E-state index contributed by atoms with van der Waals surface area (Å²) in [6.07, 6.45) is 3.90. The van der Waals surface area contributed by atoms with Crippen molar-refractivity contribution in [1.29, 1.82) is 0 Å². The van der Waals surface area contributed by atoms with Gasteiger partial charge in [0.05, 0.1) is 6.26 Å². The van der Waals surface area contributed by atoms with E-state index >= 15 is 0 Å². The lowest BCUT2D eigenvalue weighted by Crippen LogP contribution is -2.36. The summed E-state index contributed by atoms with van der Waals surface area (Å²) < 4.78 is 5.22. The van der Waals surface area contributed by atoms with E-state index < -0.39 is 11.8 Å². The third kappa shape index (κ3) is 4.60. The van der Waals surface area contributed by atoms with Gasteiger partial charge < -0.3 is 20.0 Å². The highest BCUT2D eigenvalue weighted by molar-refractivity contribution is 6.39. The fourth-order valence-electron chi connectivity index (χ4n) is 3.16. The molecule has 0 bridgehead atoms. The Balaban J connectivity index is 1.67. The monoisotopic (exact) mass is 383 g/mol. The van der Waals surface area contributed by atoms with Gasteiger partial charge in [-0.3, -0.25) is 14.4 Å². The van der Waals surface area contributed by atoms with Crippen LogP contribution in [-0.2, 0) is 16.0 Å². The van der Waals surface area contributed by atoms with Crippen LogP contribution < -0.4 is 15.5 Å². The number of nitrogens with one attached hydrogen (secondary N) is 2. The molecule has 3 rings (SSSR count). The van der Waals surface area contributed by atoms with Crippen LogP contribution in [0.15, 0.2) is 41.0 Å². The Labute approximate surface area is 164 Å². The Morgan fingerprint density at radius 2 is 2.00 bits per heavy atom. The van der Waals surface area contributed by atoms with Crippen LogP contribution in [0.2, 0.25) is 0 Å². The molecule has 1 aliphatic heterocycles.